The lowest BCUT2D eigenvalue weighted by atomic mass is 10.1. The Balaban J connectivity index is 2.91. The Kier molecular flexibility index (Phi) is 6.28. The molecule has 0 aromatic heterocycles. The van der Waals surface area contributed by atoms with Crippen LogP contribution < -0.4 is 10.2 Å². The van der Waals surface area contributed by atoms with Crippen LogP contribution in [0.1, 0.15) is 25.3 Å². The van der Waals surface area contributed by atoms with Gasteiger partial charge in [-0.05, 0) is 25.5 Å². The van der Waals surface area contributed by atoms with Gasteiger partial charge < -0.3 is 10.4 Å². The molecule has 1 aromatic carbocycles. The Morgan fingerprint density at radius 3 is 2.48 bits per heavy atom. The minimum atomic E-state index is -1.07. The summed E-state index contributed by atoms with van der Waals surface area (Å²) >= 11 is 0. The zero-order chi connectivity index (χ0) is 15.8. The molecule has 112 valence electrons. The minimum absolute atomic E-state index is 0.163. The highest BCUT2D eigenvalue weighted by molar-refractivity contribution is 5.96. The van der Waals surface area contributed by atoms with Gasteiger partial charge >= 0.3 is 12.0 Å². The third-order valence-electron chi connectivity index (χ3n) is 3.07. The number of hydrogen-bond acceptors (Lipinski definition) is 2. The van der Waals surface area contributed by atoms with Crippen molar-refractivity contribution in [3.05, 3.63) is 29.8 Å². The van der Waals surface area contributed by atoms with Gasteiger partial charge in [0.15, 0.2) is 0 Å². The first kappa shape index (κ1) is 16.6. The number of hydrogen-bond donors (Lipinski definition) is 2. The average Bonchev–Trinajstić information content (AvgIpc) is 2.45. The fourth-order valence-corrected chi connectivity index (χ4v) is 1.83. The van der Waals surface area contributed by atoms with Gasteiger partial charge in [-0.15, -0.1) is 12.3 Å². The smallest absolute Gasteiger partial charge is 0.323 e. The van der Waals surface area contributed by atoms with E-state index < -0.39 is 18.5 Å². The van der Waals surface area contributed by atoms with E-state index >= 15 is 0 Å². The monoisotopic (exact) mass is 288 g/mol. The highest BCUT2D eigenvalue weighted by Crippen LogP contribution is 2.15. The Labute approximate surface area is 125 Å². The Morgan fingerprint density at radius 2 is 2.00 bits per heavy atom. The Bertz CT molecular complexity index is 531. The molecule has 2 amide bonds. The maximum Gasteiger partial charge on any atom is 0.323 e. The molecule has 0 aliphatic rings. The molecule has 0 aliphatic carbocycles. The maximum atomic E-state index is 12.3. The Morgan fingerprint density at radius 1 is 1.38 bits per heavy atom. The van der Waals surface area contributed by atoms with Crippen LogP contribution in [0.2, 0.25) is 0 Å². The molecule has 0 fully saturated rings. The minimum Gasteiger partial charge on any atom is -0.480 e. The maximum absolute atomic E-state index is 12.3. The molecule has 0 radical (unpaired) electrons. The standard InChI is InChI=1S/C16H20N2O3/c1-4-6-13(5-2)17-16(21)18(11-15(19)20)14-9-7-12(3)8-10-14/h1,7-10,13H,5-6,11H2,2-3H3,(H,17,21)(H,19,20). The fourth-order valence-electron chi connectivity index (χ4n) is 1.83. The molecule has 0 heterocycles. The van der Waals surface area contributed by atoms with Crippen molar-refractivity contribution in [1.29, 1.82) is 0 Å². The van der Waals surface area contributed by atoms with Crippen LogP contribution in [-0.2, 0) is 4.79 Å². The van der Waals surface area contributed by atoms with Crippen LogP contribution in [0.5, 0.6) is 0 Å². The molecule has 21 heavy (non-hydrogen) atoms. The largest absolute Gasteiger partial charge is 0.480 e. The number of rotatable bonds is 6. The first-order chi connectivity index (χ1) is 9.97. The molecule has 0 saturated carbocycles. The molecule has 0 saturated heterocycles. The van der Waals surface area contributed by atoms with Crippen LogP contribution in [0.25, 0.3) is 0 Å². The second kappa shape index (κ2) is 7.95. The lowest BCUT2D eigenvalue weighted by Crippen LogP contribution is -2.46. The summed E-state index contributed by atoms with van der Waals surface area (Å²) in [5.41, 5.74) is 1.57. The predicted octanol–water partition coefficient (Wildman–Crippen LogP) is 2.40. The number of aliphatic carboxylic acids is 1. The van der Waals surface area contributed by atoms with Gasteiger partial charge in [-0.2, -0.15) is 0 Å². The molecule has 1 rings (SSSR count). The summed E-state index contributed by atoms with van der Waals surface area (Å²) in [6.07, 6.45) is 6.36. The van der Waals surface area contributed by atoms with Gasteiger partial charge in [-0.1, -0.05) is 24.6 Å². The van der Waals surface area contributed by atoms with E-state index in [1.54, 1.807) is 12.1 Å². The average molecular weight is 288 g/mol. The summed E-state index contributed by atoms with van der Waals surface area (Å²) in [4.78, 5) is 24.5. The summed E-state index contributed by atoms with van der Waals surface area (Å²) in [5, 5.41) is 11.8. The summed E-state index contributed by atoms with van der Waals surface area (Å²) in [6, 6.07) is 6.49. The molecule has 2 N–H and O–H groups in total. The van der Waals surface area contributed by atoms with Crippen LogP contribution in [0.4, 0.5) is 10.5 Å². The molecule has 0 spiro atoms. The highest BCUT2D eigenvalue weighted by Gasteiger charge is 2.20. The first-order valence-corrected chi connectivity index (χ1v) is 6.77. The second-order valence-corrected chi connectivity index (χ2v) is 4.78. The number of carboxylic acid groups (broad SMARTS) is 1. The van der Waals surface area contributed by atoms with E-state index in [0.29, 0.717) is 18.5 Å². The number of carboxylic acids is 1. The zero-order valence-electron chi connectivity index (χ0n) is 12.3. The molecule has 5 nitrogen and oxygen atoms in total. The van der Waals surface area contributed by atoms with Crippen LogP contribution >= 0.6 is 0 Å². The van der Waals surface area contributed by atoms with Crippen LogP contribution in [-0.4, -0.2) is 29.7 Å². The number of amides is 2. The fraction of sp³-hybridized carbons (Fsp3) is 0.375. The van der Waals surface area contributed by atoms with Crippen molar-refractivity contribution in [3.63, 3.8) is 0 Å². The van der Waals surface area contributed by atoms with Crippen molar-refractivity contribution in [2.45, 2.75) is 32.7 Å². The van der Waals surface area contributed by atoms with E-state index in [9.17, 15) is 9.59 Å². The van der Waals surface area contributed by atoms with Gasteiger partial charge in [0.1, 0.15) is 6.54 Å². The third-order valence-corrected chi connectivity index (χ3v) is 3.07. The van der Waals surface area contributed by atoms with E-state index in [1.165, 1.54) is 4.90 Å². The van der Waals surface area contributed by atoms with Gasteiger partial charge in [-0.25, -0.2) is 4.79 Å². The van der Waals surface area contributed by atoms with Gasteiger partial charge in [0, 0.05) is 18.2 Å². The molecule has 1 aromatic rings. The number of nitrogens with one attached hydrogen (secondary N) is 1. The molecule has 0 bridgehead atoms. The number of aryl methyl sites for hydroxylation is 1. The third kappa shape index (κ3) is 5.19. The van der Waals surface area contributed by atoms with Crippen LogP contribution in [0.3, 0.4) is 0 Å². The number of anilines is 1. The van der Waals surface area contributed by atoms with E-state index in [4.69, 9.17) is 11.5 Å². The summed E-state index contributed by atoms with van der Waals surface area (Å²) in [6.45, 7) is 3.43. The van der Waals surface area contributed by atoms with Crippen LogP contribution in [0.15, 0.2) is 24.3 Å². The number of nitrogens with zero attached hydrogens (tertiary/aromatic N) is 1. The van der Waals surface area contributed by atoms with Gasteiger partial charge in [0.2, 0.25) is 0 Å². The Hall–Kier alpha value is -2.48. The van der Waals surface area contributed by atoms with Crippen LogP contribution in [0, 0.1) is 19.3 Å². The number of urea groups is 1. The topological polar surface area (TPSA) is 69.6 Å². The molecule has 0 aliphatic heterocycles. The van der Waals surface area contributed by atoms with E-state index in [0.717, 1.165) is 5.56 Å². The van der Waals surface area contributed by atoms with Crippen molar-refractivity contribution < 1.29 is 14.7 Å². The van der Waals surface area contributed by atoms with Gasteiger partial charge in [0.25, 0.3) is 0 Å². The molecular weight excluding hydrogens is 268 g/mol. The van der Waals surface area contributed by atoms with Crippen molar-refractivity contribution in [1.82, 2.24) is 5.32 Å². The lowest BCUT2D eigenvalue weighted by Gasteiger charge is -2.24. The number of carbonyl (C=O) groups excluding carboxylic acids is 1. The zero-order valence-corrected chi connectivity index (χ0v) is 12.3. The van der Waals surface area contributed by atoms with Crippen molar-refractivity contribution in [2.75, 3.05) is 11.4 Å². The van der Waals surface area contributed by atoms with Crippen molar-refractivity contribution in [3.8, 4) is 12.3 Å². The quantitative estimate of drug-likeness (QED) is 0.790. The number of terminal acetylenes is 1. The first-order valence-electron chi connectivity index (χ1n) is 6.77. The van der Waals surface area contributed by atoms with Crippen molar-refractivity contribution in [2.24, 2.45) is 0 Å². The van der Waals surface area contributed by atoms with E-state index in [1.807, 2.05) is 26.0 Å². The second-order valence-electron chi connectivity index (χ2n) is 4.78. The molecular formula is C16H20N2O3. The number of benzene rings is 1. The SMILES string of the molecule is C#CCC(CC)NC(=O)N(CC(=O)O)c1ccc(C)cc1. The molecule has 1 atom stereocenters. The van der Waals surface area contributed by atoms with E-state index in [-0.39, 0.29) is 6.04 Å². The lowest BCUT2D eigenvalue weighted by molar-refractivity contribution is -0.135. The summed E-state index contributed by atoms with van der Waals surface area (Å²) < 4.78 is 0. The highest BCUT2D eigenvalue weighted by atomic mass is 16.4. The number of carbonyl (C=O) groups is 2. The molecule has 1 unspecified atom stereocenters. The van der Waals surface area contributed by atoms with Gasteiger partial charge in [0.05, 0.1) is 0 Å². The molecule has 5 heteroatoms. The predicted molar refractivity (Wildman–Crippen MR) is 82.2 cm³/mol. The summed E-state index contributed by atoms with van der Waals surface area (Å²) in [7, 11) is 0. The summed E-state index contributed by atoms with van der Waals surface area (Å²) in [5.74, 6) is 1.43. The van der Waals surface area contributed by atoms with Crippen molar-refractivity contribution >= 4 is 17.7 Å². The normalized spacial score (nSPS) is 11.3. The van der Waals surface area contributed by atoms with Gasteiger partial charge in [-0.3, -0.25) is 9.69 Å². The van der Waals surface area contributed by atoms with E-state index in [2.05, 4.69) is 11.2 Å².